The Hall–Kier alpha value is -2.30. The lowest BCUT2D eigenvalue weighted by Crippen LogP contribution is -2.29. The predicted molar refractivity (Wildman–Crippen MR) is 70.0 cm³/mol. The van der Waals surface area contributed by atoms with Gasteiger partial charge < -0.3 is 14.4 Å². The summed E-state index contributed by atoms with van der Waals surface area (Å²) in [6, 6.07) is 5.07. The van der Waals surface area contributed by atoms with E-state index in [0.717, 1.165) is 35.1 Å². The highest BCUT2D eigenvalue weighted by molar-refractivity contribution is 5.94. The first kappa shape index (κ1) is 11.8. The first-order chi connectivity index (χ1) is 9.13. The number of methoxy groups -OCH3 is 1. The fourth-order valence-corrected chi connectivity index (χ4v) is 2.75. The van der Waals surface area contributed by atoms with Crippen LogP contribution in [-0.4, -0.2) is 22.8 Å². The summed E-state index contributed by atoms with van der Waals surface area (Å²) >= 11 is 0. The minimum Gasteiger partial charge on any atom is -0.496 e. The molecule has 2 aromatic rings. The maximum Gasteiger partial charge on any atom is 0.341 e. The van der Waals surface area contributed by atoms with Crippen molar-refractivity contribution in [2.24, 2.45) is 0 Å². The molecule has 0 saturated heterocycles. The summed E-state index contributed by atoms with van der Waals surface area (Å²) in [4.78, 5) is 23.3. The molecule has 1 aliphatic heterocycles. The van der Waals surface area contributed by atoms with Crippen LogP contribution in [-0.2, 0) is 13.0 Å². The van der Waals surface area contributed by atoms with Crippen LogP contribution in [0.3, 0.4) is 0 Å². The van der Waals surface area contributed by atoms with Crippen LogP contribution in [0.1, 0.15) is 22.3 Å². The molecule has 1 N–H and O–H groups in total. The Morgan fingerprint density at radius 1 is 1.42 bits per heavy atom. The number of carboxylic acids is 1. The topological polar surface area (TPSA) is 68.5 Å². The van der Waals surface area contributed by atoms with Gasteiger partial charge >= 0.3 is 5.97 Å². The molecule has 0 spiro atoms. The van der Waals surface area contributed by atoms with E-state index in [9.17, 15) is 9.59 Å². The Bertz CT molecular complexity index is 745. The quantitative estimate of drug-likeness (QED) is 0.890. The average Bonchev–Trinajstić information content (AvgIpc) is 2.42. The third-order valence-electron chi connectivity index (χ3n) is 3.58. The van der Waals surface area contributed by atoms with Crippen molar-refractivity contribution in [3.63, 3.8) is 0 Å². The van der Waals surface area contributed by atoms with E-state index in [2.05, 4.69) is 0 Å². The zero-order chi connectivity index (χ0) is 13.6. The van der Waals surface area contributed by atoms with Crippen LogP contribution in [0.2, 0.25) is 0 Å². The van der Waals surface area contributed by atoms with Crippen LogP contribution in [0, 0.1) is 0 Å². The Morgan fingerprint density at radius 2 is 2.21 bits per heavy atom. The van der Waals surface area contributed by atoms with Gasteiger partial charge in [0, 0.05) is 12.1 Å². The summed E-state index contributed by atoms with van der Waals surface area (Å²) in [5.74, 6) is -0.429. The molecule has 1 aromatic heterocycles. The van der Waals surface area contributed by atoms with Crippen LogP contribution >= 0.6 is 0 Å². The molecule has 19 heavy (non-hydrogen) atoms. The molecule has 3 rings (SSSR count). The molecular formula is C14H13NO4. The van der Waals surface area contributed by atoms with Crippen LogP contribution in [0.5, 0.6) is 5.75 Å². The van der Waals surface area contributed by atoms with Crippen molar-refractivity contribution in [1.29, 1.82) is 0 Å². The summed E-state index contributed by atoms with van der Waals surface area (Å²) in [6.07, 6.45) is 1.65. The van der Waals surface area contributed by atoms with Crippen molar-refractivity contribution in [2.45, 2.75) is 19.4 Å². The summed E-state index contributed by atoms with van der Waals surface area (Å²) in [7, 11) is 1.60. The largest absolute Gasteiger partial charge is 0.496 e. The van der Waals surface area contributed by atoms with Crippen molar-refractivity contribution in [2.75, 3.05) is 7.11 Å². The highest BCUT2D eigenvalue weighted by atomic mass is 16.5. The van der Waals surface area contributed by atoms with Crippen molar-refractivity contribution in [3.05, 3.63) is 39.7 Å². The summed E-state index contributed by atoms with van der Waals surface area (Å²) in [5.41, 5.74) is 1.18. The first-order valence-electron chi connectivity index (χ1n) is 6.10. The second-order valence-electron chi connectivity index (χ2n) is 4.61. The van der Waals surface area contributed by atoms with E-state index in [1.807, 2.05) is 6.07 Å². The molecule has 0 aliphatic carbocycles. The normalized spacial score (nSPS) is 13.5. The van der Waals surface area contributed by atoms with Gasteiger partial charge in [0.2, 0.25) is 0 Å². The number of aromatic carboxylic acids is 1. The number of nitrogens with zero attached hydrogens (tertiary/aromatic N) is 1. The predicted octanol–water partition coefficient (Wildman–Crippen LogP) is 1.65. The second kappa shape index (κ2) is 4.12. The lowest BCUT2D eigenvalue weighted by atomic mass is 9.99. The van der Waals surface area contributed by atoms with Crippen molar-refractivity contribution < 1.29 is 14.6 Å². The number of hydrogen-bond acceptors (Lipinski definition) is 3. The molecular weight excluding hydrogens is 246 g/mol. The summed E-state index contributed by atoms with van der Waals surface area (Å²) in [6.45, 7) is 0.552. The van der Waals surface area contributed by atoms with Gasteiger partial charge in [0.05, 0.1) is 12.6 Å². The zero-order valence-electron chi connectivity index (χ0n) is 10.5. The van der Waals surface area contributed by atoms with E-state index in [1.54, 1.807) is 17.7 Å². The second-order valence-corrected chi connectivity index (χ2v) is 4.61. The zero-order valence-corrected chi connectivity index (χ0v) is 10.5. The first-order valence-corrected chi connectivity index (χ1v) is 6.10. The van der Waals surface area contributed by atoms with Crippen LogP contribution in [0.25, 0.3) is 10.9 Å². The number of pyridine rings is 1. The minimum absolute atomic E-state index is 0.175. The molecule has 2 heterocycles. The molecule has 0 fully saturated rings. The van der Waals surface area contributed by atoms with Gasteiger partial charge in [-0.2, -0.15) is 0 Å². The smallest absolute Gasteiger partial charge is 0.341 e. The van der Waals surface area contributed by atoms with Gasteiger partial charge in [-0.15, -0.1) is 0 Å². The van der Waals surface area contributed by atoms with Crippen molar-refractivity contribution >= 4 is 16.9 Å². The Morgan fingerprint density at radius 3 is 2.89 bits per heavy atom. The fourth-order valence-electron chi connectivity index (χ4n) is 2.75. The number of hydrogen-bond donors (Lipinski definition) is 1. The van der Waals surface area contributed by atoms with Gasteiger partial charge in [0.15, 0.2) is 0 Å². The van der Waals surface area contributed by atoms with E-state index in [-0.39, 0.29) is 5.56 Å². The Balaban J connectivity index is 2.47. The van der Waals surface area contributed by atoms with Gasteiger partial charge in [0.1, 0.15) is 11.3 Å². The standard InChI is InChI=1S/C14H13NO4/c1-19-11-5-4-8-7-10(14(17)18)13(16)15-6-2-3-9(11)12(8)15/h4-5,7H,2-3,6H2,1H3,(H,17,18). The number of aromatic nitrogens is 1. The maximum atomic E-state index is 12.2. The van der Waals surface area contributed by atoms with E-state index >= 15 is 0 Å². The molecule has 0 unspecified atom stereocenters. The van der Waals surface area contributed by atoms with Gasteiger partial charge in [-0.1, -0.05) is 0 Å². The molecule has 5 heteroatoms. The lowest BCUT2D eigenvalue weighted by molar-refractivity contribution is 0.0694. The maximum absolute atomic E-state index is 12.2. The third-order valence-corrected chi connectivity index (χ3v) is 3.58. The highest BCUT2D eigenvalue weighted by Gasteiger charge is 2.21. The summed E-state index contributed by atoms with van der Waals surface area (Å²) in [5, 5.41) is 9.87. The number of carbonyl (C=O) groups is 1. The van der Waals surface area contributed by atoms with Crippen molar-refractivity contribution in [3.8, 4) is 5.75 Å². The number of ether oxygens (including phenoxy) is 1. The van der Waals surface area contributed by atoms with Crippen LogP contribution < -0.4 is 10.3 Å². The molecule has 0 bridgehead atoms. The summed E-state index contributed by atoms with van der Waals surface area (Å²) < 4.78 is 6.87. The van der Waals surface area contributed by atoms with Crippen LogP contribution in [0.15, 0.2) is 23.0 Å². The highest BCUT2D eigenvalue weighted by Crippen LogP contribution is 2.31. The van der Waals surface area contributed by atoms with Crippen LogP contribution in [0.4, 0.5) is 0 Å². The number of aryl methyl sites for hydroxylation is 2. The molecule has 0 saturated carbocycles. The number of benzene rings is 1. The van der Waals surface area contributed by atoms with Gasteiger partial charge in [-0.05, 0) is 36.4 Å². The van der Waals surface area contributed by atoms with Gasteiger partial charge in [-0.3, -0.25) is 4.79 Å². The number of rotatable bonds is 2. The minimum atomic E-state index is -1.18. The fraction of sp³-hybridized carbons (Fsp3) is 0.286. The van der Waals surface area contributed by atoms with E-state index in [0.29, 0.717) is 6.54 Å². The van der Waals surface area contributed by atoms with Gasteiger partial charge in [0.25, 0.3) is 5.56 Å². The average molecular weight is 259 g/mol. The molecule has 0 radical (unpaired) electrons. The van der Waals surface area contributed by atoms with E-state index in [4.69, 9.17) is 9.84 Å². The monoisotopic (exact) mass is 259 g/mol. The van der Waals surface area contributed by atoms with E-state index < -0.39 is 11.5 Å². The lowest BCUT2D eigenvalue weighted by Gasteiger charge is -2.21. The van der Waals surface area contributed by atoms with E-state index in [1.165, 1.54) is 6.07 Å². The molecule has 0 amide bonds. The number of carboxylic acid groups (broad SMARTS) is 1. The molecule has 1 aliphatic rings. The van der Waals surface area contributed by atoms with Crippen molar-refractivity contribution in [1.82, 2.24) is 4.57 Å². The Kier molecular flexibility index (Phi) is 2.55. The molecule has 5 nitrogen and oxygen atoms in total. The molecule has 1 aromatic carbocycles. The third kappa shape index (κ3) is 1.62. The Labute approximate surface area is 109 Å². The molecule has 0 atom stereocenters. The SMILES string of the molecule is COc1ccc2cc(C(=O)O)c(=O)n3c2c1CCC3. The van der Waals surface area contributed by atoms with Gasteiger partial charge in [-0.25, -0.2) is 4.79 Å². The molecule has 98 valence electrons.